The molecule has 1 aliphatic rings. The minimum atomic E-state index is -4.52. The predicted octanol–water partition coefficient (Wildman–Crippen LogP) is 8.31. The van der Waals surface area contributed by atoms with E-state index in [1.165, 1.54) is 6.20 Å². The summed E-state index contributed by atoms with van der Waals surface area (Å²) >= 11 is 6.02. The third kappa shape index (κ3) is 5.32. The van der Waals surface area contributed by atoms with Crippen LogP contribution in [0.15, 0.2) is 85.1 Å². The number of nitrogens with zero attached hydrogens (tertiary/aromatic N) is 2. The largest absolute Gasteiger partial charge is 0.410 e. The molecule has 3 aromatic carbocycles. The zero-order chi connectivity index (χ0) is 28.5. The normalized spacial score (nSPS) is 17.1. The number of fused-ring (bicyclic) bond motifs is 1. The van der Waals surface area contributed by atoms with Crippen molar-refractivity contribution in [1.82, 2.24) is 15.1 Å². The summed E-state index contributed by atoms with van der Waals surface area (Å²) < 4.78 is 43.2. The van der Waals surface area contributed by atoms with Gasteiger partial charge in [-0.05, 0) is 47.2 Å². The fraction of sp³-hybridized carbons (Fsp3) is 0.290. The summed E-state index contributed by atoms with van der Waals surface area (Å²) in [7, 11) is 0. The third-order valence-corrected chi connectivity index (χ3v) is 8.11. The number of anilines is 1. The van der Waals surface area contributed by atoms with Crippen molar-refractivity contribution in [3.8, 4) is 11.1 Å². The molecule has 5 rings (SSSR count). The number of amides is 1. The molecule has 208 valence electrons. The highest BCUT2D eigenvalue weighted by Crippen LogP contribution is 2.44. The summed E-state index contributed by atoms with van der Waals surface area (Å²) in [6.07, 6.45) is -2.35. The Kier molecular flexibility index (Phi) is 7.64. The van der Waals surface area contributed by atoms with Gasteiger partial charge in [0.25, 0.3) is 5.91 Å². The van der Waals surface area contributed by atoms with Crippen LogP contribution in [0.1, 0.15) is 66.7 Å². The predicted molar refractivity (Wildman–Crippen MR) is 151 cm³/mol. The Hall–Kier alpha value is -3.78. The maximum atomic E-state index is 14.1. The number of carbonyl (C=O) groups excluding carboxylic acids is 1. The van der Waals surface area contributed by atoms with E-state index in [0.29, 0.717) is 23.4 Å². The fourth-order valence-corrected chi connectivity index (χ4v) is 5.57. The number of halogens is 4. The Morgan fingerprint density at radius 1 is 0.975 bits per heavy atom. The van der Waals surface area contributed by atoms with Gasteiger partial charge in [-0.25, -0.2) is 4.68 Å². The molecule has 0 saturated carbocycles. The van der Waals surface area contributed by atoms with Crippen LogP contribution in [0, 0.1) is 0 Å². The van der Waals surface area contributed by atoms with Crippen molar-refractivity contribution >= 4 is 23.3 Å². The van der Waals surface area contributed by atoms with Gasteiger partial charge in [-0.15, -0.1) is 0 Å². The summed E-state index contributed by atoms with van der Waals surface area (Å²) in [5.41, 5.74) is 3.01. The number of alkyl halides is 3. The lowest BCUT2D eigenvalue weighted by molar-refractivity contribution is -0.173. The van der Waals surface area contributed by atoms with Crippen molar-refractivity contribution in [2.45, 2.75) is 56.9 Å². The molecule has 0 radical (unpaired) electrons. The summed E-state index contributed by atoms with van der Waals surface area (Å²) in [6.45, 7) is 3.96. The van der Waals surface area contributed by atoms with E-state index < -0.39 is 29.7 Å². The number of rotatable bonds is 7. The number of aromatic nitrogens is 2. The molecule has 0 saturated heterocycles. The Morgan fingerprint density at radius 3 is 2.15 bits per heavy atom. The smallest absolute Gasteiger partial charge is 0.363 e. The molecule has 4 aromatic rings. The van der Waals surface area contributed by atoms with Crippen molar-refractivity contribution < 1.29 is 18.0 Å². The Labute approximate surface area is 236 Å². The molecule has 1 amide bonds. The number of hydrogen-bond acceptors (Lipinski definition) is 3. The molecule has 1 aromatic heterocycles. The molecule has 1 aliphatic heterocycles. The Bertz CT molecular complexity index is 1460. The molecule has 5 nitrogen and oxygen atoms in total. The zero-order valence-electron chi connectivity index (χ0n) is 22.2. The first-order valence-electron chi connectivity index (χ1n) is 13.3. The molecule has 0 aliphatic carbocycles. The lowest BCUT2D eigenvalue weighted by Crippen LogP contribution is -2.45. The van der Waals surface area contributed by atoms with Crippen molar-refractivity contribution in [1.29, 1.82) is 0 Å². The van der Waals surface area contributed by atoms with Gasteiger partial charge in [0.2, 0.25) is 0 Å². The Morgan fingerprint density at radius 2 is 1.57 bits per heavy atom. The van der Waals surface area contributed by atoms with Gasteiger partial charge in [0.15, 0.2) is 6.04 Å². The van der Waals surface area contributed by atoms with Gasteiger partial charge in [-0.3, -0.25) is 4.79 Å². The molecule has 0 spiro atoms. The van der Waals surface area contributed by atoms with Crippen molar-refractivity contribution in [2.75, 3.05) is 5.32 Å². The lowest BCUT2D eigenvalue weighted by Gasteiger charge is -2.35. The van der Waals surface area contributed by atoms with Gasteiger partial charge in [0.05, 0.1) is 17.8 Å². The van der Waals surface area contributed by atoms with Gasteiger partial charge in [0.1, 0.15) is 11.4 Å². The van der Waals surface area contributed by atoms with E-state index in [9.17, 15) is 18.0 Å². The van der Waals surface area contributed by atoms with Crippen LogP contribution in [-0.4, -0.2) is 21.9 Å². The van der Waals surface area contributed by atoms with Crippen LogP contribution >= 0.6 is 11.6 Å². The first-order chi connectivity index (χ1) is 19.1. The van der Waals surface area contributed by atoms with Crippen LogP contribution < -0.4 is 10.6 Å². The Balaban J connectivity index is 1.45. The SMILES string of the molecule is CCC(CC)(NC(=O)c1cnn2c1NC(c1ccccc1)CC2C(F)(F)F)c1ccc(-c2ccc(Cl)cc2)cc1. The van der Waals surface area contributed by atoms with E-state index in [4.69, 9.17) is 11.6 Å². The molecule has 40 heavy (non-hydrogen) atoms. The minimum absolute atomic E-state index is 0.0686. The van der Waals surface area contributed by atoms with Gasteiger partial charge >= 0.3 is 6.18 Å². The molecule has 0 bridgehead atoms. The molecule has 0 fully saturated rings. The highest BCUT2D eigenvalue weighted by molar-refractivity contribution is 6.30. The second kappa shape index (κ2) is 11.0. The van der Waals surface area contributed by atoms with Crippen LogP contribution in [0.3, 0.4) is 0 Å². The van der Waals surface area contributed by atoms with Gasteiger partial charge < -0.3 is 10.6 Å². The highest BCUT2D eigenvalue weighted by atomic mass is 35.5. The maximum Gasteiger partial charge on any atom is 0.410 e. The third-order valence-electron chi connectivity index (χ3n) is 7.86. The zero-order valence-corrected chi connectivity index (χ0v) is 22.9. The van der Waals surface area contributed by atoms with E-state index in [-0.39, 0.29) is 17.8 Å². The van der Waals surface area contributed by atoms with Gasteiger partial charge in [-0.2, -0.15) is 18.3 Å². The van der Waals surface area contributed by atoms with E-state index >= 15 is 0 Å². The van der Waals surface area contributed by atoms with Crippen LogP contribution in [0.2, 0.25) is 5.02 Å². The lowest BCUT2D eigenvalue weighted by atomic mass is 9.83. The minimum Gasteiger partial charge on any atom is -0.363 e. The summed E-state index contributed by atoms with van der Waals surface area (Å²) in [6, 6.07) is 22.0. The summed E-state index contributed by atoms with van der Waals surface area (Å²) in [5, 5.41) is 11.0. The van der Waals surface area contributed by atoms with E-state index in [1.54, 1.807) is 24.3 Å². The van der Waals surface area contributed by atoms with Crippen molar-refractivity contribution in [3.05, 3.63) is 107 Å². The molecular weight excluding hydrogens is 537 g/mol. The first-order valence-corrected chi connectivity index (χ1v) is 13.7. The number of hydrogen-bond donors (Lipinski definition) is 2. The van der Waals surface area contributed by atoms with Gasteiger partial charge in [0, 0.05) is 11.4 Å². The average molecular weight is 567 g/mol. The second-order valence-corrected chi connectivity index (χ2v) is 10.5. The molecule has 2 N–H and O–H groups in total. The van der Waals surface area contributed by atoms with E-state index in [0.717, 1.165) is 21.4 Å². The van der Waals surface area contributed by atoms with Crippen LogP contribution in [0.4, 0.5) is 19.0 Å². The van der Waals surface area contributed by atoms with Crippen molar-refractivity contribution in [3.63, 3.8) is 0 Å². The fourth-order valence-electron chi connectivity index (χ4n) is 5.45. The monoisotopic (exact) mass is 566 g/mol. The summed E-state index contributed by atoms with van der Waals surface area (Å²) in [5.74, 6) is -0.409. The number of benzene rings is 3. The van der Waals surface area contributed by atoms with Gasteiger partial charge in [-0.1, -0.05) is 92.2 Å². The van der Waals surface area contributed by atoms with Crippen molar-refractivity contribution in [2.24, 2.45) is 0 Å². The number of nitrogens with one attached hydrogen (secondary N) is 2. The second-order valence-electron chi connectivity index (χ2n) is 10.1. The quantitative estimate of drug-likeness (QED) is 0.236. The summed E-state index contributed by atoms with van der Waals surface area (Å²) in [4.78, 5) is 13.7. The highest BCUT2D eigenvalue weighted by Gasteiger charge is 2.47. The molecule has 2 unspecified atom stereocenters. The molecular formula is C31H30ClF3N4O. The number of carbonyl (C=O) groups is 1. The first kappa shape index (κ1) is 27.8. The maximum absolute atomic E-state index is 14.1. The molecule has 2 heterocycles. The molecule has 9 heteroatoms. The van der Waals surface area contributed by atoms with Crippen LogP contribution in [0.5, 0.6) is 0 Å². The molecule has 2 atom stereocenters. The topological polar surface area (TPSA) is 59.0 Å². The van der Waals surface area contributed by atoms with Crippen LogP contribution in [0.25, 0.3) is 11.1 Å². The average Bonchev–Trinajstić information content (AvgIpc) is 3.40. The van der Waals surface area contributed by atoms with Crippen LogP contribution in [-0.2, 0) is 5.54 Å². The standard InChI is InChI=1S/C31H30ClF3N4O/c1-3-30(4-2,23-14-10-20(11-15-23)21-12-16-24(32)17-13-21)38-29(40)25-19-36-39-27(31(33,34)35)18-26(37-28(25)39)22-8-6-5-7-9-22/h5-17,19,26-27,37H,3-4,18H2,1-2H3,(H,38,40). The van der Waals surface area contributed by atoms with E-state index in [1.807, 2.05) is 68.4 Å². The van der Waals surface area contributed by atoms with E-state index in [2.05, 4.69) is 15.7 Å².